The fourth-order valence-electron chi connectivity index (χ4n) is 5.13. The largest absolute Gasteiger partial charge is 0.114 e. The van der Waals surface area contributed by atoms with Gasteiger partial charge in [-0.05, 0) is 66.0 Å². The van der Waals surface area contributed by atoms with E-state index in [4.69, 9.17) is 0 Å². The van der Waals surface area contributed by atoms with Gasteiger partial charge < -0.3 is 0 Å². The van der Waals surface area contributed by atoms with Crippen LogP contribution in [0.3, 0.4) is 0 Å². The van der Waals surface area contributed by atoms with Crippen molar-refractivity contribution in [2.24, 2.45) is 0 Å². The van der Waals surface area contributed by atoms with E-state index in [2.05, 4.69) is 167 Å². The van der Waals surface area contributed by atoms with E-state index in [-0.39, 0.29) is 0 Å². The van der Waals surface area contributed by atoms with Crippen molar-refractivity contribution in [1.29, 1.82) is 0 Å². The van der Waals surface area contributed by atoms with E-state index in [0.717, 1.165) is 0 Å². The van der Waals surface area contributed by atoms with Gasteiger partial charge in [-0.25, -0.2) is 0 Å². The number of hydrogen-bond donors (Lipinski definition) is 0. The van der Waals surface area contributed by atoms with E-state index in [1.54, 1.807) is 20.0 Å². The van der Waals surface area contributed by atoms with Crippen molar-refractivity contribution in [2.45, 2.75) is 0 Å². The molecule has 4 heteroatoms. The summed E-state index contributed by atoms with van der Waals surface area (Å²) in [6.45, 7) is 0. The molecule has 0 aliphatic heterocycles. The van der Waals surface area contributed by atoms with Crippen LogP contribution >= 0.6 is 25.0 Å². The molecule has 0 N–H and O–H groups in total. The summed E-state index contributed by atoms with van der Waals surface area (Å²) in [5.41, 5.74) is 0. The Balaban J connectivity index is 0.00000144. The Hall–Kier alpha value is -2.53. The van der Waals surface area contributed by atoms with Gasteiger partial charge in [0.2, 0.25) is 0 Å². The van der Waals surface area contributed by atoms with Crippen LogP contribution in [0, 0.1) is 0 Å². The average molecular weight is 731 g/mol. The zero-order valence-corrected chi connectivity index (χ0v) is 25.6. The standard InChI is InChI=1S/C34H26P2.Au.ClH/c1-5-17-28(18-6-1)35(29-19-7-2-8-20-29)32-25-13-15-27-16-14-26-33(34(27)32)36(30-21-9-3-10-22-30)31-23-11-4-12-24-31;;/h1-26H;;1H/q;+1;/p+1. The van der Waals surface area contributed by atoms with Gasteiger partial charge in [0.15, 0.2) is 0 Å². The predicted octanol–water partition coefficient (Wildman–Crippen LogP) is 6.51. The van der Waals surface area contributed by atoms with Gasteiger partial charge in [-0.1, -0.05) is 97.1 Å². The molecule has 0 atom stereocenters. The second-order valence-corrected chi connectivity index (χ2v) is 13.8. The first-order chi connectivity index (χ1) is 18.9. The van der Waals surface area contributed by atoms with Gasteiger partial charge in [0, 0.05) is 0 Å². The molecule has 0 fully saturated rings. The molecule has 0 unspecified atom stereocenters. The van der Waals surface area contributed by atoms with Crippen LogP contribution in [0.4, 0.5) is 0 Å². The Labute approximate surface area is 244 Å². The smallest absolute Gasteiger partial charge is 0.0620 e. The van der Waals surface area contributed by atoms with Crippen molar-refractivity contribution in [3.63, 3.8) is 0 Å². The van der Waals surface area contributed by atoms with Crippen molar-refractivity contribution in [3.8, 4) is 0 Å². The molecule has 0 aromatic heterocycles. The van der Waals surface area contributed by atoms with Crippen molar-refractivity contribution >= 4 is 67.6 Å². The fourth-order valence-corrected chi connectivity index (χ4v) is 10.9. The number of benzene rings is 6. The minimum Gasteiger partial charge on any atom is -0.0620 e. The van der Waals surface area contributed by atoms with Crippen molar-refractivity contribution in [2.75, 3.05) is 0 Å². The summed E-state index contributed by atoms with van der Waals surface area (Å²) in [5, 5.41) is 11.4. The number of rotatable bonds is 6. The van der Waals surface area contributed by atoms with E-state index in [1.165, 1.54) is 42.6 Å². The Kier molecular flexibility index (Phi) is 9.62. The minimum atomic E-state index is -1.20. The Morgan fingerprint density at radius 3 is 0.921 bits per heavy atom. The molecule has 0 spiro atoms. The number of hydrogen-bond acceptors (Lipinski definition) is 0. The topological polar surface area (TPSA) is 0 Å². The summed E-state index contributed by atoms with van der Waals surface area (Å²) < 4.78 is 0. The molecule has 38 heavy (non-hydrogen) atoms. The Morgan fingerprint density at radius 1 is 0.342 bits per heavy atom. The van der Waals surface area contributed by atoms with Crippen LogP contribution in [0.25, 0.3) is 10.8 Å². The van der Waals surface area contributed by atoms with Gasteiger partial charge in [0.1, 0.15) is 31.8 Å². The van der Waals surface area contributed by atoms with Crippen molar-refractivity contribution < 1.29 is 20.0 Å². The van der Waals surface area contributed by atoms with Crippen molar-refractivity contribution in [1.82, 2.24) is 0 Å². The van der Waals surface area contributed by atoms with E-state index in [0.29, 0.717) is 0 Å². The molecular formula is C34H28AuClP2+2. The molecule has 0 nitrogen and oxygen atoms in total. The van der Waals surface area contributed by atoms with Gasteiger partial charge >= 0.3 is 29.2 Å². The maximum absolute atomic E-state index is 4.58. The number of halogens is 1. The molecule has 0 heterocycles. The summed E-state index contributed by atoms with van der Waals surface area (Å²) in [7, 11) is 2.18. The van der Waals surface area contributed by atoms with Crippen LogP contribution in [0.5, 0.6) is 0 Å². The molecule has 0 bridgehead atoms. The molecular weight excluding hydrogens is 703 g/mol. The van der Waals surface area contributed by atoms with Gasteiger partial charge in [-0.3, -0.25) is 0 Å². The first-order valence-electron chi connectivity index (χ1n) is 12.5. The Morgan fingerprint density at radius 2 is 0.632 bits per heavy atom. The van der Waals surface area contributed by atoms with Crippen LogP contribution < -0.4 is 31.8 Å². The molecule has 0 amide bonds. The zero-order chi connectivity index (χ0) is 26.2. The summed E-state index contributed by atoms with van der Waals surface area (Å²) >= 11 is 1.75. The first-order valence-corrected chi connectivity index (χ1v) is 18.2. The third-order valence-corrected chi connectivity index (χ3v) is 12.2. The van der Waals surface area contributed by atoms with Gasteiger partial charge in [0.25, 0.3) is 0 Å². The average Bonchev–Trinajstić information content (AvgIpc) is 3.01. The molecule has 0 aliphatic carbocycles. The maximum Gasteiger partial charge on any atom is 0.114 e. The van der Waals surface area contributed by atoms with E-state index < -0.39 is 15.8 Å². The maximum atomic E-state index is 4.58. The minimum absolute atomic E-state index is 1.20. The first kappa shape index (κ1) is 27.1. The molecule has 6 aromatic carbocycles. The SMILES string of the molecule is [Cl][Au].c1ccc([PH+](c2ccccc2)c2cccc3cccc([PH+](c4ccccc4)c4ccccc4)c23)cc1. The van der Waals surface area contributed by atoms with E-state index in [9.17, 15) is 0 Å². The second kappa shape index (κ2) is 13.5. The third-order valence-electron chi connectivity index (χ3n) is 6.69. The molecule has 0 aliphatic rings. The molecule has 6 rings (SSSR count). The van der Waals surface area contributed by atoms with Crippen molar-refractivity contribution in [3.05, 3.63) is 158 Å². The fraction of sp³-hybridized carbons (Fsp3) is 0. The summed E-state index contributed by atoms with van der Waals surface area (Å²) in [4.78, 5) is 0. The molecule has 0 radical (unpaired) electrons. The van der Waals surface area contributed by atoms with Gasteiger partial charge in [-0.15, -0.1) is 0 Å². The van der Waals surface area contributed by atoms with Crippen LogP contribution in [0.2, 0.25) is 0 Å². The van der Waals surface area contributed by atoms with Crippen LogP contribution in [0.15, 0.2) is 158 Å². The van der Waals surface area contributed by atoms with E-state index >= 15 is 0 Å². The molecule has 190 valence electrons. The van der Waals surface area contributed by atoms with E-state index in [1.807, 2.05) is 0 Å². The monoisotopic (exact) mass is 730 g/mol. The normalized spacial score (nSPS) is 10.9. The summed E-state index contributed by atoms with van der Waals surface area (Å²) in [6, 6.07) is 58.2. The van der Waals surface area contributed by atoms with Gasteiger partial charge in [-0.2, -0.15) is 0 Å². The third kappa shape index (κ3) is 5.88. The summed E-state index contributed by atoms with van der Waals surface area (Å²) in [5.74, 6) is 0. The molecule has 6 aromatic rings. The van der Waals surface area contributed by atoms with Crippen LogP contribution in [-0.2, 0) is 20.0 Å². The zero-order valence-electron chi connectivity index (χ0n) is 20.7. The van der Waals surface area contributed by atoms with Gasteiger partial charge in [0.05, 0.1) is 21.2 Å². The predicted molar refractivity (Wildman–Crippen MR) is 170 cm³/mol. The molecule has 0 saturated heterocycles. The quantitative estimate of drug-likeness (QED) is 0.136. The second-order valence-electron chi connectivity index (χ2n) is 8.92. The summed E-state index contributed by atoms with van der Waals surface area (Å²) in [6.07, 6.45) is 0. The molecule has 0 saturated carbocycles. The van der Waals surface area contributed by atoms with Crippen LogP contribution in [0.1, 0.15) is 0 Å². The number of fused-ring (bicyclic) bond motifs is 1. The Bertz CT molecular complexity index is 1380. The van der Waals surface area contributed by atoms with Crippen LogP contribution in [-0.4, -0.2) is 0 Å².